The lowest BCUT2D eigenvalue weighted by atomic mass is 10.1. The summed E-state index contributed by atoms with van der Waals surface area (Å²) in [5.74, 6) is -0.208. The average molecular weight is 266 g/mol. The number of hydrogen-bond donors (Lipinski definition) is 2. The molecule has 1 aromatic rings. The van der Waals surface area contributed by atoms with Crippen LogP contribution in [-0.2, 0) is 11.3 Å². The van der Waals surface area contributed by atoms with Crippen molar-refractivity contribution in [2.45, 2.75) is 45.3 Å². The minimum absolute atomic E-state index is 0.208. The number of anilines is 1. The van der Waals surface area contributed by atoms with Gasteiger partial charge in [0.15, 0.2) is 5.69 Å². The largest absolute Gasteiger partial charge is 0.396 e. The third kappa shape index (κ3) is 3.70. The fourth-order valence-corrected chi connectivity index (χ4v) is 2.24. The predicted octanol–water partition coefficient (Wildman–Crippen LogP) is 1.17. The van der Waals surface area contributed by atoms with E-state index in [-0.39, 0.29) is 12.0 Å². The van der Waals surface area contributed by atoms with Crippen LogP contribution in [0.25, 0.3) is 0 Å². The summed E-state index contributed by atoms with van der Waals surface area (Å²) in [6.45, 7) is 4.09. The first kappa shape index (κ1) is 13.9. The first-order chi connectivity index (χ1) is 9.20. The Morgan fingerprint density at radius 1 is 1.63 bits per heavy atom. The fourth-order valence-electron chi connectivity index (χ4n) is 2.24. The van der Waals surface area contributed by atoms with Gasteiger partial charge in [0.25, 0.3) is 5.91 Å². The number of rotatable bonds is 5. The van der Waals surface area contributed by atoms with Gasteiger partial charge in [-0.25, -0.2) is 0 Å². The topological polar surface area (TPSA) is 82.2 Å². The van der Waals surface area contributed by atoms with Crippen molar-refractivity contribution in [3.63, 3.8) is 0 Å². The number of aromatic nitrogens is 2. The minimum Gasteiger partial charge on any atom is -0.396 e. The summed E-state index contributed by atoms with van der Waals surface area (Å²) >= 11 is 0. The molecule has 19 heavy (non-hydrogen) atoms. The van der Waals surface area contributed by atoms with Crippen LogP contribution in [0.2, 0.25) is 0 Å². The van der Waals surface area contributed by atoms with Gasteiger partial charge in [0.1, 0.15) is 0 Å². The van der Waals surface area contributed by atoms with Gasteiger partial charge in [0.2, 0.25) is 0 Å². The molecule has 0 aliphatic carbocycles. The van der Waals surface area contributed by atoms with Crippen molar-refractivity contribution in [2.24, 2.45) is 0 Å². The molecule has 0 saturated carbocycles. The summed E-state index contributed by atoms with van der Waals surface area (Å²) in [5, 5.41) is 6.99. The van der Waals surface area contributed by atoms with Gasteiger partial charge in [-0.05, 0) is 32.6 Å². The molecule has 2 rings (SSSR count). The molecule has 0 spiro atoms. The van der Waals surface area contributed by atoms with E-state index in [0.29, 0.717) is 24.5 Å². The summed E-state index contributed by atoms with van der Waals surface area (Å²) in [7, 11) is 0. The molecular formula is C13H22N4O2. The number of carbonyl (C=O) groups excluding carboxylic acids is 1. The van der Waals surface area contributed by atoms with Crippen LogP contribution in [0, 0.1) is 0 Å². The molecule has 1 aromatic heterocycles. The molecule has 1 unspecified atom stereocenters. The van der Waals surface area contributed by atoms with Crippen LogP contribution in [-0.4, -0.2) is 34.9 Å². The first-order valence-corrected chi connectivity index (χ1v) is 6.93. The van der Waals surface area contributed by atoms with E-state index in [2.05, 4.69) is 10.4 Å². The molecule has 1 amide bonds. The molecule has 2 heterocycles. The van der Waals surface area contributed by atoms with Crippen LogP contribution < -0.4 is 11.1 Å². The highest BCUT2D eigenvalue weighted by Gasteiger charge is 2.16. The van der Waals surface area contributed by atoms with Gasteiger partial charge in [-0.3, -0.25) is 9.48 Å². The Morgan fingerprint density at radius 3 is 3.11 bits per heavy atom. The quantitative estimate of drug-likeness (QED) is 0.838. The second-order valence-corrected chi connectivity index (χ2v) is 4.82. The van der Waals surface area contributed by atoms with Crippen molar-refractivity contribution in [1.82, 2.24) is 15.1 Å². The van der Waals surface area contributed by atoms with E-state index >= 15 is 0 Å². The third-order valence-electron chi connectivity index (χ3n) is 3.35. The molecule has 1 aliphatic rings. The molecule has 6 heteroatoms. The van der Waals surface area contributed by atoms with Crippen molar-refractivity contribution in [2.75, 3.05) is 18.9 Å². The normalized spacial score (nSPS) is 19.3. The summed E-state index contributed by atoms with van der Waals surface area (Å²) in [5.41, 5.74) is 6.50. The Hall–Kier alpha value is -1.56. The van der Waals surface area contributed by atoms with Gasteiger partial charge in [-0.2, -0.15) is 5.10 Å². The first-order valence-electron chi connectivity index (χ1n) is 6.93. The molecule has 3 N–H and O–H groups in total. The number of nitrogens with zero attached hydrogens (tertiary/aromatic N) is 2. The smallest absolute Gasteiger partial charge is 0.273 e. The van der Waals surface area contributed by atoms with Gasteiger partial charge in [0.05, 0.1) is 11.8 Å². The highest BCUT2D eigenvalue weighted by atomic mass is 16.5. The van der Waals surface area contributed by atoms with Gasteiger partial charge in [-0.1, -0.05) is 0 Å². The maximum absolute atomic E-state index is 11.9. The lowest BCUT2D eigenvalue weighted by Crippen LogP contribution is -2.30. The summed E-state index contributed by atoms with van der Waals surface area (Å²) in [6, 6.07) is 0. The molecule has 0 bridgehead atoms. The van der Waals surface area contributed by atoms with Gasteiger partial charge in [-0.15, -0.1) is 0 Å². The van der Waals surface area contributed by atoms with E-state index in [4.69, 9.17) is 10.5 Å². The zero-order valence-electron chi connectivity index (χ0n) is 11.4. The maximum atomic E-state index is 11.9. The van der Waals surface area contributed by atoms with Crippen molar-refractivity contribution in [3.8, 4) is 0 Å². The molecule has 0 radical (unpaired) electrons. The van der Waals surface area contributed by atoms with Crippen LogP contribution in [0.3, 0.4) is 0 Å². The van der Waals surface area contributed by atoms with Crippen LogP contribution >= 0.6 is 0 Å². The van der Waals surface area contributed by atoms with Crippen LogP contribution in [0.5, 0.6) is 0 Å². The summed E-state index contributed by atoms with van der Waals surface area (Å²) in [4.78, 5) is 11.9. The van der Waals surface area contributed by atoms with Gasteiger partial charge < -0.3 is 15.8 Å². The van der Waals surface area contributed by atoms with Crippen molar-refractivity contribution in [3.05, 3.63) is 11.9 Å². The van der Waals surface area contributed by atoms with E-state index in [1.165, 1.54) is 6.42 Å². The lowest BCUT2D eigenvalue weighted by molar-refractivity contribution is 0.0117. The van der Waals surface area contributed by atoms with E-state index in [1.807, 2.05) is 6.92 Å². The molecular weight excluding hydrogens is 244 g/mol. The summed E-state index contributed by atoms with van der Waals surface area (Å²) < 4.78 is 7.28. The van der Waals surface area contributed by atoms with Gasteiger partial charge >= 0.3 is 0 Å². The van der Waals surface area contributed by atoms with Crippen molar-refractivity contribution < 1.29 is 9.53 Å². The number of hydrogen-bond acceptors (Lipinski definition) is 4. The van der Waals surface area contributed by atoms with Crippen LogP contribution in [0.1, 0.15) is 43.1 Å². The van der Waals surface area contributed by atoms with E-state index in [1.54, 1.807) is 10.9 Å². The second kappa shape index (κ2) is 6.56. The zero-order chi connectivity index (χ0) is 13.7. The average Bonchev–Trinajstić information content (AvgIpc) is 2.81. The van der Waals surface area contributed by atoms with E-state index in [9.17, 15) is 4.79 Å². The Labute approximate surface area is 113 Å². The fraction of sp³-hybridized carbons (Fsp3) is 0.692. The number of nitrogen functional groups attached to an aromatic ring is 1. The third-order valence-corrected chi connectivity index (χ3v) is 3.35. The summed E-state index contributed by atoms with van der Waals surface area (Å²) in [6.07, 6.45) is 6.25. The lowest BCUT2D eigenvalue weighted by Gasteiger charge is -2.22. The molecule has 106 valence electrons. The minimum atomic E-state index is -0.208. The highest BCUT2D eigenvalue weighted by Crippen LogP contribution is 2.15. The standard InChI is InChI=1S/C13H22N4O2/c1-2-17-9-11(14)12(16-17)13(18)15-7-6-10-5-3-4-8-19-10/h9-10H,2-8,14H2,1H3,(H,15,18). The predicted molar refractivity (Wildman–Crippen MR) is 72.9 cm³/mol. The maximum Gasteiger partial charge on any atom is 0.273 e. The number of ether oxygens (including phenoxy) is 1. The Balaban J connectivity index is 1.78. The van der Waals surface area contributed by atoms with Crippen molar-refractivity contribution >= 4 is 11.6 Å². The monoisotopic (exact) mass is 266 g/mol. The van der Waals surface area contributed by atoms with Crippen molar-refractivity contribution in [1.29, 1.82) is 0 Å². The zero-order valence-corrected chi connectivity index (χ0v) is 11.4. The van der Waals surface area contributed by atoms with E-state index in [0.717, 1.165) is 25.9 Å². The Bertz CT molecular complexity index is 424. The number of amides is 1. The van der Waals surface area contributed by atoms with E-state index < -0.39 is 0 Å². The molecule has 1 saturated heterocycles. The van der Waals surface area contributed by atoms with Crippen LogP contribution in [0.4, 0.5) is 5.69 Å². The van der Waals surface area contributed by atoms with Crippen LogP contribution in [0.15, 0.2) is 6.20 Å². The second-order valence-electron chi connectivity index (χ2n) is 4.82. The Kier molecular flexibility index (Phi) is 4.79. The number of aryl methyl sites for hydroxylation is 1. The van der Waals surface area contributed by atoms with Gasteiger partial charge in [0, 0.05) is 25.9 Å². The molecule has 1 aliphatic heterocycles. The highest BCUT2D eigenvalue weighted by molar-refractivity contribution is 5.96. The molecule has 1 fully saturated rings. The number of nitrogens with two attached hydrogens (primary N) is 1. The number of carbonyl (C=O) groups is 1. The Morgan fingerprint density at radius 2 is 2.47 bits per heavy atom. The molecule has 0 aromatic carbocycles. The molecule has 6 nitrogen and oxygen atoms in total. The molecule has 1 atom stereocenters. The number of nitrogens with one attached hydrogen (secondary N) is 1. The SMILES string of the molecule is CCn1cc(N)c(C(=O)NCCC2CCCCO2)n1.